The monoisotopic (exact) mass is 446 g/mol. The molecular formula is C21H20Cl2N4O3. The number of halogens is 2. The molecule has 2 N–H and O–H groups in total. The third kappa shape index (κ3) is 4.42. The van der Waals surface area contributed by atoms with Crippen LogP contribution in [0.4, 0.5) is 5.69 Å². The summed E-state index contributed by atoms with van der Waals surface area (Å²) in [7, 11) is 5.25. The fraction of sp³-hybridized carbons (Fsp3) is 0.190. The molecule has 3 aromatic rings. The van der Waals surface area contributed by atoms with Crippen molar-refractivity contribution < 1.29 is 9.90 Å². The fourth-order valence-corrected chi connectivity index (χ4v) is 3.29. The van der Waals surface area contributed by atoms with Crippen molar-refractivity contribution in [1.82, 2.24) is 14.9 Å². The minimum atomic E-state index is -0.792. The Morgan fingerprint density at radius 1 is 1.10 bits per heavy atom. The van der Waals surface area contributed by atoms with Gasteiger partial charge in [-0.2, -0.15) is 0 Å². The number of aromatic hydroxyl groups is 1. The number of H-pyrrole nitrogens is 1. The van der Waals surface area contributed by atoms with E-state index in [1.54, 1.807) is 37.4 Å². The predicted molar refractivity (Wildman–Crippen MR) is 119 cm³/mol. The van der Waals surface area contributed by atoms with Crippen LogP contribution in [0.15, 0.2) is 47.3 Å². The highest BCUT2D eigenvalue weighted by Gasteiger charge is 2.23. The van der Waals surface area contributed by atoms with Crippen LogP contribution in [0.5, 0.6) is 5.75 Å². The van der Waals surface area contributed by atoms with E-state index in [0.717, 1.165) is 11.3 Å². The second-order valence-electron chi connectivity index (χ2n) is 6.93. The van der Waals surface area contributed by atoms with Crippen molar-refractivity contribution in [2.45, 2.75) is 6.54 Å². The normalized spacial score (nSPS) is 10.7. The molecule has 0 atom stereocenters. The summed E-state index contributed by atoms with van der Waals surface area (Å²) in [5.74, 6) is -1.14. The average Bonchev–Trinajstić information content (AvgIpc) is 2.72. The number of nitrogens with zero attached hydrogens (tertiary/aromatic N) is 3. The molecule has 0 bridgehead atoms. The van der Waals surface area contributed by atoms with E-state index in [0.29, 0.717) is 15.6 Å². The molecule has 2 aromatic carbocycles. The molecule has 0 aliphatic carbocycles. The van der Waals surface area contributed by atoms with E-state index in [9.17, 15) is 14.7 Å². The number of carbonyl (C=O) groups is 1. The smallest absolute Gasteiger partial charge is 0.294 e. The number of aromatic amines is 1. The molecule has 0 aliphatic heterocycles. The number of aromatic nitrogens is 2. The van der Waals surface area contributed by atoms with Crippen molar-refractivity contribution in [2.24, 2.45) is 0 Å². The van der Waals surface area contributed by atoms with Gasteiger partial charge >= 0.3 is 0 Å². The lowest BCUT2D eigenvalue weighted by Crippen LogP contribution is -2.29. The summed E-state index contributed by atoms with van der Waals surface area (Å²) < 4.78 is 0. The number of anilines is 1. The lowest BCUT2D eigenvalue weighted by molar-refractivity contribution is 0.0775. The van der Waals surface area contributed by atoms with Crippen LogP contribution >= 0.6 is 23.2 Å². The van der Waals surface area contributed by atoms with Crippen LogP contribution < -0.4 is 10.5 Å². The Hall–Kier alpha value is -3.03. The summed E-state index contributed by atoms with van der Waals surface area (Å²) in [4.78, 5) is 35.3. The maximum Gasteiger partial charge on any atom is 0.294 e. The summed E-state index contributed by atoms with van der Waals surface area (Å²) in [5, 5.41) is 11.0. The van der Waals surface area contributed by atoms with Crippen molar-refractivity contribution in [2.75, 3.05) is 26.0 Å². The summed E-state index contributed by atoms with van der Waals surface area (Å²) >= 11 is 12.0. The molecule has 3 rings (SSSR count). The predicted octanol–water partition coefficient (Wildman–Crippen LogP) is 3.79. The van der Waals surface area contributed by atoms with Crippen LogP contribution in [0.25, 0.3) is 11.4 Å². The van der Waals surface area contributed by atoms with E-state index in [1.807, 2.05) is 31.1 Å². The molecular weight excluding hydrogens is 427 g/mol. The van der Waals surface area contributed by atoms with Crippen molar-refractivity contribution in [3.63, 3.8) is 0 Å². The van der Waals surface area contributed by atoms with Crippen molar-refractivity contribution in [3.05, 3.63) is 74.1 Å². The summed E-state index contributed by atoms with van der Waals surface area (Å²) in [6, 6.07) is 12.3. The van der Waals surface area contributed by atoms with Crippen LogP contribution in [-0.4, -0.2) is 47.0 Å². The molecule has 0 saturated carbocycles. The fourth-order valence-electron chi connectivity index (χ4n) is 2.97. The van der Waals surface area contributed by atoms with Crippen LogP contribution in [0.1, 0.15) is 16.1 Å². The lowest BCUT2D eigenvalue weighted by atomic mass is 10.1. The highest BCUT2D eigenvalue weighted by atomic mass is 35.5. The summed E-state index contributed by atoms with van der Waals surface area (Å²) in [5.41, 5.74) is 1.04. The standard InChI is InChI=1S/C21H20Cl2N4O3/c1-26(2)16-7-5-4-6-13(16)19-24-17(18(28)20(29)25-19)21(30)27(3)11-12-8-9-14(22)15(23)10-12/h4-10,28H,11H2,1-3H3,(H,24,25,29). The largest absolute Gasteiger partial charge is 0.501 e. The number of hydrogen-bond donors (Lipinski definition) is 2. The highest BCUT2D eigenvalue weighted by molar-refractivity contribution is 6.42. The lowest BCUT2D eigenvalue weighted by Gasteiger charge is -2.19. The second-order valence-corrected chi connectivity index (χ2v) is 7.75. The van der Waals surface area contributed by atoms with Crippen LogP contribution in [0, 0.1) is 0 Å². The molecule has 30 heavy (non-hydrogen) atoms. The number of carbonyl (C=O) groups excluding carboxylic acids is 1. The Morgan fingerprint density at radius 3 is 2.47 bits per heavy atom. The number of para-hydroxylation sites is 1. The summed E-state index contributed by atoms with van der Waals surface area (Å²) in [6.45, 7) is 0.188. The molecule has 0 fully saturated rings. The Bertz CT molecular complexity index is 1160. The minimum Gasteiger partial charge on any atom is -0.501 e. The first kappa shape index (κ1) is 21.7. The third-order valence-electron chi connectivity index (χ3n) is 4.49. The molecule has 0 radical (unpaired) electrons. The van der Waals surface area contributed by atoms with Gasteiger partial charge in [-0.3, -0.25) is 9.59 Å². The molecule has 9 heteroatoms. The van der Waals surface area contributed by atoms with E-state index in [1.165, 1.54) is 4.90 Å². The van der Waals surface area contributed by atoms with Gasteiger partial charge in [-0.05, 0) is 29.8 Å². The first-order valence-corrected chi connectivity index (χ1v) is 9.74. The molecule has 1 heterocycles. The summed E-state index contributed by atoms with van der Waals surface area (Å²) in [6.07, 6.45) is 0. The molecule has 0 aliphatic rings. The Morgan fingerprint density at radius 2 is 1.80 bits per heavy atom. The average molecular weight is 447 g/mol. The molecule has 156 valence electrons. The molecule has 1 aromatic heterocycles. The quantitative estimate of drug-likeness (QED) is 0.622. The van der Waals surface area contributed by atoms with E-state index < -0.39 is 17.2 Å². The van der Waals surface area contributed by atoms with Gasteiger partial charge in [0.25, 0.3) is 11.5 Å². The maximum atomic E-state index is 13.0. The van der Waals surface area contributed by atoms with Gasteiger partial charge in [-0.1, -0.05) is 41.4 Å². The van der Waals surface area contributed by atoms with Gasteiger partial charge in [-0.25, -0.2) is 4.98 Å². The van der Waals surface area contributed by atoms with Gasteiger partial charge < -0.3 is 19.9 Å². The van der Waals surface area contributed by atoms with Gasteiger partial charge in [0.1, 0.15) is 5.82 Å². The zero-order chi connectivity index (χ0) is 22.0. The molecule has 0 unspecified atom stereocenters. The Balaban J connectivity index is 1.98. The van der Waals surface area contributed by atoms with Crippen LogP contribution in [-0.2, 0) is 6.54 Å². The Labute approximate surface area is 183 Å². The maximum absolute atomic E-state index is 13.0. The second kappa shape index (κ2) is 8.77. The van der Waals surface area contributed by atoms with Gasteiger partial charge in [0, 0.05) is 38.9 Å². The van der Waals surface area contributed by atoms with Crippen LogP contribution in [0.3, 0.4) is 0 Å². The zero-order valence-corrected chi connectivity index (χ0v) is 18.1. The molecule has 7 nitrogen and oxygen atoms in total. The molecule has 0 spiro atoms. The number of benzene rings is 2. The van der Waals surface area contributed by atoms with E-state index in [2.05, 4.69) is 9.97 Å². The van der Waals surface area contributed by atoms with E-state index in [4.69, 9.17) is 23.2 Å². The first-order chi connectivity index (χ1) is 14.2. The number of nitrogens with one attached hydrogen (secondary N) is 1. The van der Waals surface area contributed by atoms with Crippen LogP contribution in [0.2, 0.25) is 10.0 Å². The Kier molecular flexibility index (Phi) is 6.34. The van der Waals surface area contributed by atoms with Gasteiger partial charge in [0.2, 0.25) is 5.75 Å². The van der Waals surface area contributed by atoms with Crippen molar-refractivity contribution >= 4 is 34.8 Å². The molecule has 0 saturated heterocycles. The topological polar surface area (TPSA) is 89.5 Å². The van der Waals surface area contributed by atoms with E-state index in [-0.39, 0.29) is 18.1 Å². The molecule has 1 amide bonds. The van der Waals surface area contributed by atoms with Gasteiger partial charge in [0.05, 0.1) is 10.0 Å². The SMILES string of the molecule is CN(Cc1ccc(Cl)c(Cl)c1)C(=O)c1nc(-c2ccccc2N(C)C)[nH]c(=O)c1O. The highest BCUT2D eigenvalue weighted by Crippen LogP contribution is 2.28. The third-order valence-corrected chi connectivity index (χ3v) is 5.23. The number of rotatable bonds is 5. The number of amides is 1. The van der Waals surface area contributed by atoms with Crippen molar-refractivity contribution in [3.8, 4) is 17.1 Å². The van der Waals surface area contributed by atoms with Gasteiger partial charge in [-0.15, -0.1) is 0 Å². The zero-order valence-electron chi connectivity index (χ0n) is 16.6. The first-order valence-electron chi connectivity index (χ1n) is 8.98. The van der Waals surface area contributed by atoms with Crippen molar-refractivity contribution in [1.29, 1.82) is 0 Å². The van der Waals surface area contributed by atoms with E-state index >= 15 is 0 Å². The van der Waals surface area contributed by atoms with Gasteiger partial charge in [0.15, 0.2) is 5.69 Å². The minimum absolute atomic E-state index is 0.188. The number of hydrogen-bond acceptors (Lipinski definition) is 5.